The van der Waals surface area contributed by atoms with Gasteiger partial charge in [0, 0.05) is 38.8 Å². The molecule has 2 rings (SSSR count). The van der Waals surface area contributed by atoms with E-state index in [1.807, 2.05) is 0 Å². The molecule has 15 heavy (non-hydrogen) atoms. The van der Waals surface area contributed by atoms with E-state index in [1.54, 1.807) is 5.57 Å². The first-order chi connectivity index (χ1) is 7.25. The molecule has 0 aromatic carbocycles. The Morgan fingerprint density at radius 2 is 1.87 bits per heavy atom. The second-order valence-electron chi connectivity index (χ2n) is 5.12. The van der Waals surface area contributed by atoms with E-state index in [-0.39, 0.29) is 0 Å². The lowest BCUT2D eigenvalue weighted by atomic mass is 9.96. The zero-order valence-corrected chi connectivity index (χ0v) is 10.2. The number of allylic oxidation sites excluding steroid dienone is 1. The molecule has 0 unspecified atom stereocenters. The second-order valence-corrected chi connectivity index (χ2v) is 5.12. The topological polar surface area (TPSA) is 6.48 Å². The molecule has 0 aromatic rings. The van der Waals surface area contributed by atoms with Crippen molar-refractivity contribution in [3.05, 3.63) is 11.6 Å². The van der Waals surface area contributed by atoms with Crippen LogP contribution in [0.15, 0.2) is 11.6 Å². The fraction of sp³-hybridized carbons (Fsp3) is 0.846. The molecule has 0 amide bonds. The highest BCUT2D eigenvalue weighted by atomic mass is 15.3. The van der Waals surface area contributed by atoms with Crippen molar-refractivity contribution in [2.24, 2.45) is 0 Å². The van der Waals surface area contributed by atoms with Crippen molar-refractivity contribution >= 4 is 0 Å². The smallest absolute Gasteiger partial charge is 0.0113 e. The van der Waals surface area contributed by atoms with E-state index >= 15 is 0 Å². The van der Waals surface area contributed by atoms with Crippen LogP contribution in [-0.2, 0) is 0 Å². The molecule has 0 saturated carbocycles. The van der Waals surface area contributed by atoms with E-state index in [2.05, 4.69) is 29.7 Å². The van der Waals surface area contributed by atoms with Crippen molar-refractivity contribution in [2.45, 2.75) is 39.2 Å². The lowest BCUT2D eigenvalue weighted by Gasteiger charge is -2.37. The van der Waals surface area contributed by atoms with E-state index in [0.717, 1.165) is 6.04 Å². The maximum atomic E-state index is 2.62. The number of piperazine rings is 1. The highest BCUT2D eigenvalue weighted by molar-refractivity contribution is 5.12. The summed E-state index contributed by atoms with van der Waals surface area (Å²) in [5, 5.41) is 0. The normalized spacial score (nSPS) is 24.1. The summed E-state index contributed by atoms with van der Waals surface area (Å²) < 4.78 is 0. The molecule has 0 spiro atoms. The van der Waals surface area contributed by atoms with Crippen LogP contribution in [0, 0.1) is 0 Å². The van der Waals surface area contributed by atoms with Crippen molar-refractivity contribution < 1.29 is 0 Å². The Morgan fingerprint density at radius 3 is 2.33 bits per heavy atom. The third kappa shape index (κ3) is 3.05. The summed E-state index contributed by atoms with van der Waals surface area (Å²) in [7, 11) is 0. The van der Waals surface area contributed by atoms with Gasteiger partial charge in [0.15, 0.2) is 0 Å². The van der Waals surface area contributed by atoms with Crippen molar-refractivity contribution in [1.82, 2.24) is 9.80 Å². The van der Waals surface area contributed by atoms with Gasteiger partial charge in [0.1, 0.15) is 0 Å². The van der Waals surface area contributed by atoms with E-state index in [0.29, 0.717) is 0 Å². The SMILES string of the molecule is CC(C)N1CCN(CCC2=CCC2)CC1. The van der Waals surface area contributed by atoms with E-state index < -0.39 is 0 Å². The summed E-state index contributed by atoms with van der Waals surface area (Å²) in [4.78, 5) is 5.21. The summed E-state index contributed by atoms with van der Waals surface area (Å²) >= 11 is 0. The Kier molecular flexibility index (Phi) is 3.81. The summed E-state index contributed by atoms with van der Waals surface area (Å²) in [6, 6.07) is 0.724. The fourth-order valence-electron chi connectivity index (χ4n) is 2.38. The third-order valence-electron chi connectivity index (χ3n) is 3.78. The van der Waals surface area contributed by atoms with Gasteiger partial charge in [0.25, 0.3) is 0 Å². The molecule has 1 fully saturated rings. The van der Waals surface area contributed by atoms with Gasteiger partial charge in [0.05, 0.1) is 0 Å². The second kappa shape index (κ2) is 5.13. The van der Waals surface area contributed by atoms with Crippen molar-refractivity contribution in [1.29, 1.82) is 0 Å². The standard InChI is InChI=1S/C13H24N2/c1-12(2)15-10-8-14(9-11-15)7-6-13-4-3-5-13/h4,12H,3,5-11H2,1-2H3. The van der Waals surface area contributed by atoms with Gasteiger partial charge in [0.2, 0.25) is 0 Å². The Morgan fingerprint density at radius 1 is 1.20 bits per heavy atom. The minimum absolute atomic E-state index is 0.724. The Hall–Kier alpha value is -0.340. The molecule has 0 N–H and O–H groups in total. The van der Waals surface area contributed by atoms with Gasteiger partial charge in [-0.15, -0.1) is 0 Å². The first-order valence-electron chi connectivity index (χ1n) is 6.40. The summed E-state index contributed by atoms with van der Waals surface area (Å²) in [5.74, 6) is 0. The number of rotatable bonds is 4. The highest BCUT2D eigenvalue weighted by Gasteiger charge is 2.18. The molecule has 1 aliphatic heterocycles. The molecule has 2 nitrogen and oxygen atoms in total. The molecule has 0 radical (unpaired) electrons. The van der Waals surface area contributed by atoms with E-state index in [4.69, 9.17) is 0 Å². The van der Waals surface area contributed by atoms with Gasteiger partial charge in [-0.05, 0) is 33.1 Å². The fourth-order valence-corrected chi connectivity index (χ4v) is 2.38. The van der Waals surface area contributed by atoms with Crippen molar-refractivity contribution in [3.63, 3.8) is 0 Å². The number of hydrogen-bond donors (Lipinski definition) is 0. The van der Waals surface area contributed by atoms with Crippen molar-refractivity contribution in [2.75, 3.05) is 32.7 Å². The predicted octanol–water partition coefficient (Wildman–Crippen LogP) is 2.12. The van der Waals surface area contributed by atoms with Gasteiger partial charge in [-0.2, -0.15) is 0 Å². The van der Waals surface area contributed by atoms with Gasteiger partial charge >= 0.3 is 0 Å². The molecule has 2 aliphatic rings. The first-order valence-corrected chi connectivity index (χ1v) is 6.40. The molecule has 0 bridgehead atoms. The van der Waals surface area contributed by atoms with Crippen LogP contribution in [0.5, 0.6) is 0 Å². The molecule has 1 heterocycles. The lowest BCUT2D eigenvalue weighted by molar-refractivity contribution is 0.109. The molecular formula is C13H24N2. The van der Waals surface area contributed by atoms with Gasteiger partial charge in [-0.3, -0.25) is 4.90 Å². The van der Waals surface area contributed by atoms with Crippen LogP contribution in [0.4, 0.5) is 0 Å². The average Bonchev–Trinajstić information content (AvgIpc) is 2.16. The maximum Gasteiger partial charge on any atom is 0.0113 e. The quantitative estimate of drug-likeness (QED) is 0.653. The van der Waals surface area contributed by atoms with Crippen LogP contribution in [-0.4, -0.2) is 48.6 Å². The molecule has 0 atom stereocenters. The zero-order chi connectivity index (χ0) is 10.7. The molecular weight excluding hydrogens is 184 g/mol. The first kappa shape index (κ1) is 11.2. The zero-order valence-electron chi connectivity index (χ0n) is 10.2. The van der Waals surface area contributed by atoms with Crippen molar-refractivity contribution in [3.8, 4) is 0 Å². The number of hydrogen-bond acceptors (Lipinski definition) is 2. The minimum Gasteiger partial charge on any atom is -0.300 e. The van der Waals surface area contributed by atoms with Crippen LogP contribution in [0.1, 0.15) is 33.1 Å². The monoisotopic (exact) mass is 208 g/mol. The minimum atomic E-state index is 0.724. The number of nitrogens with zero attached hydrogens (tertiary/aromatic N) is 2. The lowest BCUT2D eigenvalue weighted by Crippen LogP contribution is -2.49. The average molecular weight is 208 g/mol. The Balaban J connectivity index is 1.64. The van der Waals surface area contributed by atoms with E-state index in [9.17, 15) is 0 Å². The highest BCUT2D eigenvalue weighted by Crippen LogP contribution is 2.21. The van der Waals surface area contributed by atoms with Crippen LogP contribution < -0.4 is 0 Å². The molecule has 2 heteroatoms. The Labute approximate surface area is 93.9 Å². The van der Waals surface area contributed by atoms with Crippen LogP contribution in [0.3, 0.4) is 0 Å². The molecule has 86 valence electrons. The van der Waals surface area contributed by atoms with Crippen LogP contribution >= 0.6 is 0 Å². The summed E-state index contributed by atoms with van der Waals surface area (Å²) in [6.45, 7) is 11.0. The van der Waals surface area contributed by atoms with Gasteiger partial charge in [-0.25, -0.2) is 0 Å². The Bertz CT molecular complexity index is 225. The molecule has 1 saturated heterocycles. The third-order valence-corrected chi connectivity index (χ3v) is 3.78. The van der Waals surface area contributed by atoms with E-state index in [1.165, 1.54) is 52.0 Å². The largest absolute Gasteiger partial charge is 0.300 e. The predicted molar refractivity (Wildman–Crippen MR) is 65.1 cm³/mol. The molecule has 1 aliphatic carbocycles. The van der Waals surface area contributed by atoms with Crippen LogP contribution in [0.2, 0.25) is 0 Å². The summed E-state index contributed by atoms with van der Waals surface area (Å²) in [5.41, 5.74) is 1.70. The van der Waals surface area contributed by atoms with Gasteiger partial charge in [-0.1, -0.05) is 11.6 Å². The van der Waals surface area contributed by atoms with Gasteiger partial charge < -0.3 is 4.90 Å². The van der Waals surface area contributed by atoms with Crippen LogP contribution in [0.25, 0.3) is 0 Å². The summed E-state index contributed by atoms with van der Waals surface area (Å²) in [6.07, 6.45) is 6.43. The molecule has 0 aromatic heterocycles. The maximum absolute atomic E-state index is 2.62.